The maximum Gasteiger partial charge on any atom is 0.0330 e. The van der Waals surface area contributed by atoms with E-state index in [2.05, 4.69) is 63.2 Å². The lowest BCUT2D eigenvalue weighted by Gasteiger charge is -2.13. The van der Waals surface area contributed by atoms with Crippen LogP contribution < -0.4 is 5.32 Å². The molecule has 2 aromatic rings. The highest BCUT2D eigenvalue weighted by Crippen LogP contribution is 2.27. The van der Waals surface area contributed by atoms with Gasteiger partial charge >= 0.3 is 0 Å². The van der Waals surface area contributed by atoms with Crippen molar-refractivity contribution in [3.05, 3.63) is 56.7 Å². The molecule has 0 aliphatic carbocycles. The molecule has 2 rings (SSSR count). The van der Waals surface area contributed by atoms with Gasteiger partial charge in [0.15, 0.2) is 0 Å². The van der Waals surface area contributed by atoms with E-state index >= 15 is 0 Å². The van der Waals surface area contributed by atoms with Crippen LogP contribution in [0.25, 0.3) is 0 Å². The van der Waals surface area contributed by atoms with Gasteiger partial charge in [-0.2, -0.15) is 11.3 Å². The highest BCUT2D eigenvalue weighted by molar-refractivity contribution is 9.10. The van der Waals surface area contributed by atoms with E-state index in [9.17, 15) is 0 Å². The largest absolute Gasteiger partial charge is 0.306 e. The molecule has 16 heavy (non-hydrogen) atoms. The molecule has 1 aromatic heterocycles. The molecule has 1 nitrogen and oxygen atoms in total. The number of hydrogen-bond acceptors (Lipinski definition) is 2. The number of nitrogens with one attached hydrogen (secondary N) is 1. The Morgan fingerprint density at radius 1 is 1.25 bits per heavy atom. The summed E-state index contributed by atoms with van der Waals surface area (Å²) in [4.78, 5) is 0. The molecule has 1 atom stereocenters. The summed E-state index contributed by atoms with van der Waals surface area (Å²) < 4.78 is 1.20. The average Bonchev–Trinajstić information content (AvgIpc) is 2.74. The maximum atomic E-state index is 3.56. The zero-order chi connectivity index (χ0) is 11.4. The Kier molecular flexibility index (Phi) is 4.16. The number of halogens is 1. The van der Waals surface area contributed by atoms with Gasteiger partial charge in [-0.1, -0.05) is 30.3 Å². The van der Waals surface area contributed by atoms with E-state index in [4.69, 9.17) is 0 Å². The molecule has 0 bridgehead atoms. The third kappa shape index (κ3) is 2.94. The van der Waals surface area contributed by atoms with Gasteiger partial charge in [-0.15, -0.1) is 0 Å². The van der Waals surface area contributed by atoms with Gasteiger partial charge < -0.3 is 5.32 Å². The van der Waals surface area contributed by atoms with Crippen molar-refractivity contribution < 1.29 is 0 Å². The lowest BCUT2D eigenvalue weighted by atomic mass is 10.1. The Balaban J connectivity index is 1.94. The van der Waals surface area contributed by atoms with Crippen LogP contribution in [0.3, 0.4) is 0 Å². The molecule has 0 aliphatic heterocycles. The summed E-state index contributed by atoms with van der Waals surface area (Å²) >= 11 is 5.29. The first-order valence-corrected chi connectivity index (χ1v) is 7.00. The molecule has 0 radical (unpaired) electrons. The van der Waals surface area contributed by atoms with E-state index in [-0.39, 0.29) is 0 Å². The van der Waals surface area contributed by atoms with Gasteiger partial charge in [-0.05, 0) is 39.4 Å². The first-order valence-electron chi connectivity index (χ1n) is 5.26. The molecule has 0 amide bonds. The Labute approximate surface area is 109 Å². The monoisotopic (exact) mass is 295 g/mol. The summed E-state index contributed by atoms with van der Waals surface area (Å²) in [7, 11) is 0. The highest BCUT2D eigenvalue weighted by Gasteiger charge is 2.09. The van der Waals surface area contributed by atoms with Crippen LogP contribution in [0.2, 0.25) is 0 Å². The van der Waals surface area contributed by atoms with E-state index in [1.165, 1.54) is 15.6 Å². The van der Waals surface area contributed by atoms with E-state index < -0.39 is 0 Å². The first-order chi connectivity index (χ1) is 7.77. The molecule has 0 spiro atoms. The zero-order valence-electron chi connectivity index (χ0n) is 9.11. The van der Waals surface area contributed by atoms with Crippen molar-refractivity contribution in [2.24, 2.45) is 0 Å². The summed E-state index contributed by atoms with van der Waals surface area (Å²) in [6.07, 6.45) is 0. The van der Waals surface area contributed by atoms with Gasteiger partial charge in [0.2, 0.25) is 0 Å². The van der Waals surface area contributed by atoms with Crippen molar-refractivity contribution in [1.82, 2.24) is 5.32 Å². The fourth-order valence-electron chi connectivity index (χ4n) is 1.58. The van der Waals surface area contributed by atoms with Crippen molar-refractivity contribution in [3.63, 3.8) is 0 Å². The van der Waals surface area contributed by atoms with Crippen LogP contribution >= 0.6 is 27.3 Å². The third-order valence-electron chi connectivity index (χ3n) is 2.56. The van der Waals surface area contributed by atoms with Crippen molar-refractivity contribution in [3.8, 4) is 0 Å². The van der Waals surface area contributed by atoms with E-state index in [0.29, 0.717) is 6.04 Å². The number of thiophene rings is 1. The molecule has 1 unspecified atom stereocenters. The Morgan fingerprint density at radius 2 is 2.00 bits per heavy atom. The Morgan fingerprint density at radius 3 is 2.62 bits per heavy atom. The summed E-state index contributed by atoms with van der Waals surface area (Å²) in [6.45, 7) is 3.10. The summed E-state index contributed by atoms with van der Waals surface area (Å²) in [5, 5.41) is 7.83. The second-order valence-corrected chi connectivity index (χ2v) is 5.36. The van der Waals surface area contributed by atoms with Crippen LogP contribution in [0.1, 0.15) is 24.1 Å². The van der Waals surface area contributed by atoms with Crippen molar-refractivity contribution in [1.29, 1.82) is 0 Å². The lowest BCUT2D eigenvalue weighted by molar-refractivity contribution is 0.574. The fraction of sp³-hybridized carbons (Fsp3) is 0.231. The van der Waals surface area contributed by atoms with Crippen LogP contribution in [0.4, 0.5) is 0 Å². The number of benzene rings is 1. The van der Waals surface area contributed by atoms with Gasteiger partial charge in [-0.3, -0.25) is 0 Å². The van der Waals surface area contributed by atoms with Gasteiger partial charge in [0.1, 0.15) is 0 Å². The zero-order valence-corrected chi connectivity index (χ0v) is 11.5. The van der Waals surface area contributed by atoms with Crippen LogP contribution in [-0.2, 0) is 6.54 Å². The fourth-order valence-corrected chi connectivity index (χ4v) is 3.31. The molecule has 3 heteroatoms. The summed E-state index contributed by atoms with van der Waals surface area (Å²) in [6, 6.07) is 10.8. The van der Waals surface area contributed by atoms with E-state index in [0.717, 1.165) is 6.54 Å². The standard InChI is InChI=1S/C13H14BrNS/c1-10(12-8-16-9-13(12)14)15-7-11-5-3-2-4-6-11/h2-6,8-10,15H,7H2,1H3. The Bertz CT molecular complexity index is 438. The highest BCUT2D eigenvalue weighted by atomic mass is 79.9. The first kappa shape index (κ1) is 11.8. The van der Waals surface area contributed by atoms with Crippen molar-refractivity contribution in [2.45, 2.75) is 19.5 Å². The van der Waals surface area contributed by atoms with Gasteiger partial charge in [0, 0.05) is 22.4 Å². The summed E-state index contributed by atoms with van der Waals surface area (Å²) in [5.74, 6) is 0. The van der Waals surface area contributed by atoms with E-state index in [1.54, 1.807) is 11.3 Å². The number of hydrogen-bond donors (Lipinski definition) is 1. The second kappa shape index (κ2) is 5.62. The maximum absolute atomic E-state index is 3.56. The molecule has 84 valence electrons. The molecule has 1 N–H and O–H groups in total. The van der Waals surface area contributed by atoms with Gasteiger partial charge in [-0.25, -0.2) is 0 Å². The van der Waals surface area contributed by atoms with Crippen LogP contribution in [0, 0.1) is 0 Å². The average molecular weight is 296 g/mol. The molecule has 1 aromatic carbocycles. The van der Waals surface area contributed by atoms with Crippen LogP contribution in [-0.4, -0.2) is 0 Å². The molecule has 0 saturated carbocycles. The lowest BCUT2D eigenvalue weighted by Crippen LogP contribution is -2.17. The molecule has 0 fully saturated rings. The Hall–Kier alpha value is -0.640. The van der Waals surface area contributed by atoms with Gasteiger partial charge in [0.25, 0.3) is 0 Å². The quantitative estimate of drug-likeness (QED) is 0.884. The van der Waals surface area contributed by atoms with Crippen LogP contribution in [0.15, 0.2) is 45.6 Å². The third-order valence-corrected chi connectivity index (χ3v) is 4.32. The van der Waals surface area contributed by atoms with Gasteiger partial charge in [0.05, 0.1) is 0 Å². The SMILES string of the molecule is CC(NCc1ccccc1)c1cscc1Br. The van der Waals surface area contributed by atoms with E-state index in [1.807, 2.05) is 6.07 Å². The normalized spacial score (nSPS) is 12.6. The molecule has 0 aliphatic rings. The number of rotatable bonds is 4. The van der Waals surface area contributed by atoms with Crippen molar-refractivity contribution >= 4 is 27.3 Å². The predicted molar refractivity (Wildman–Crippen MR) is 73.7 cm³/mol. The smallest absolute Gasteiger partial charge is 0.0330 e. The molecular formula is C13H14BrNS. The topological polar surface area (TPSA) is 12.0 Å². The minimum absolute atomic E-state index is 0.376. The molecule has 1 heterocycles. The van der Waals surface area contributed by atoms with Crippen LogP contribution in [0.5, 0.6) is 0 Å². The molecular weight excluding hydrogens is 282 g/mol. The minimum Gasteiger partial charge on any atom is -0.306 e. The minimum atomic E-state index is 0.376. The van der Waals surface area contributed by atoms with Crippen molar-refractivity contribution in [2.75, 3.05) is 0 Å². The predicted octanol–water partition coefficient (Wildman–Crippen LogP) is 4.36. The molecule has 0 saturated heterocycles. The second-order valence-electron chi connectivity index (χ2n) is 3.76. The summed E-state index contributed by atoms with van der Waals surface area (Å²) in [5.41, 5.74) is 2.65.